The first-order valence-corrected chi connectivity index (χ1v) is 10.00. The minimum Gasteiger partial charge on any atom is -0.380 e. The summed E-state index contributed by atoms with van der Waals surface area (Å²) in [5.41, 5.74) is 6.28. The van der Waals surface area contributed by atoms with E-state index in [1.165, 1.54) is 48.2 Å². The minimum atomic E-state index is -0.916. The summed E-state index contributed by atoms with van der Waals surface area (Å²) in [4.78, 5) is 2.54. The maximum Gasteiger partial charge on any atom is 0.119 e. The van der Waals surface area contributed by atoms with Gasteiger partial charge < -0.3 is 10.0 Å². The van der Waals surface area contributed by atoms with Crippen molar-refractivity contribution in [2.24, 2.45) is 11.8 Å². The van der Waals surface area contributed by atoms with Gasteiger partial charge in [0, 0.05) is 12.5 Å². The Labute approximate surface area is 157 Å². The molecule has 0 amide bonds. The topological polar surface area (TPSA) is 23.5 Å². The zero-order chi connectivity index (χ0) is 18.5. The van der Waals surface area contributed by atoms with Crippen LogP contribution in [0, 0.1) is 39.5 Å². The molecule has 0 unspecified atom stereocenters. The molecular formula is C24H31NO. The maximum atomic E-state index is 12.3. The van der Waals surface area contributed by atoms with Gasteiger partial charge in [0.2, 0.25) is 0 Å². The van der Waals surface area contributed by atoms with Crippen molar-refractivity contribution in [3.63, 3.8) is 0 Å². The molecule has 0 saturated carbocycles. The van der Waals surface area contributed by atoms with E-state index in [4.69, 9.17) is 0 Å². The summed E-state index contributed by atoms with van der Waals surface area (Å²) in [5.74, 6) is 0.863. The molecule has 2 aromatic rings. The van der Waals surface area contributed by atoms with E-state index in [0.29, 0.717) is 5.92 Å². The standard InChI is InChI=1S/C24H31NO/c1-16-5-7-21(13-18(16)3)24(26,22-8-6-17(2)19(4)14-22)23-15-25-11-9-20(23)10-12-25/h5-8,13-14,20,23,26H,9-12,15H2,1-4H3/t23-/m1/s1. The van der Waals surface area contributed by atoms with Crippen LogP contribution in [0.5, 0.6) is 0 Å². The van der Waals surface area contributed by atoms with Gasteiger partial charge in [-0.25, -0.2) is 0 Å². The van der Waals surface area contributed by atoms with E-state index >= 15 is 0 Å². The molecular weight excluding hydrogens is 318 g/mol. The van der Waals surface area contributed by atoms with E-state index in [2.05, 4.69) is 69.0 Å². The summed E-state index contributed by atoms with van der Waals surface area (Å²) >= 11 is 0. The molecule has 0 spiro atoms. The van der Waals surface area contributed by atoms with Gasteiger partial charge in [0.05, 0.1) is 0 Å². The lowest BCUT2D eigenvalue weighted by Gasteiger charge is -2.51. The second-order valence-corrected chi connectivity index (χ2v) is 8.61. The number of aliphatic hydroxyl groups is 1. The summed E-state index contributed by atoms with van der Waals surface area (Å²) in [6.45, 7) is 12.0. The highest BCUT2D eigenvalue weighted by Crippen LogP contribution is 2.47. The fourth-order valence-electron chi connectivity index (χ4n) is 4.99. The highest BCUT2D eigenvalue weighted by molar-refractivity contribution is 5.44. The van der Waals surface area contributed by atoms with Crippen molar-refractivity contribution in [2.75, 3.05) is 19.6 Å². The number of hydrogen-bond donors (Lipinski definition) is 1. The molecule has 2 aromatic carbocycles. The van der Waals surface area contributed by atoms with Crippen LogP contribution in [0.1, 0.15) is 46.2 Å². The summed E-state index contributed by atoms with van der Waals surface area (Å²) in [6, 6.07) is 13.0. The van der Waals surface area contributed by atoms with E-state index in [9.17, 15) is 5.11 Å². The molecule has 2 heteroatoms. The smallest absolute Gasteiger partial charge is 0.119 e. The van der Waals surface area contributed by atoms with Crippen molar-refractivity contribution in [1.82, 2.24) is 4.90 Å². The van der Waals surface area contributed by atoms with Crippen LogP contribution in [0.15, 0.2) is 36.4 Å². The Bertz CT molecular complexity index is 765. The molecule has 3 saturated heterocycles. The Kier molecular flexibility index (Phi) is 4.45. The van der Waals surface area contributed by atoms with Crippen molar-refractivity contribution in [2.45, 2.75) is 46.1 Å². The molecule has 1 N–H and O–H groups in total. The second-order valence-electron chi connectivity index (χ2n) is 8.61. The van der Waals surface area contributed by atoms with Crippen molar-refractivity contribution in [3.05, 3.63) is 69.8 Å². The van der Waals surface area contributed by atoms with Crippen molar-refractivity contribution >= 4 is 0 Å². The number of aryl methyl sites for hydroxylation is 4. The Morgan fingerprint density at radius 3 is 1.69 bits per heavy atom. The van der Waals surface area contributed by atoms with Crippen LogP contribution in [0.3, 0.4) is 0 Å². The summed E-state index contributed by atoms with van der Waals surface area (Å²) < 4.78 is 0. The number of nitrogens with zero attached hydrogens (tertiary/aromatic N) is 1. The van der Waals surface area contributed by atoms with Crippen molar-refractivity contribution in [3.8, 4) is 0 Å². The predicted molar refractivity (Wildman–Crippen MR) is 107 cm³/mol. The van der Waals surface area contributed by atoms with Crippen LogP contribution in [0.2, 0.25) is 0 Å². The zero-order valence-corrected chi connectivity index (χ0v) is 16.5. The number of hydrogen-bond acceptors (Lipinski definition) is 2. The fraction of sp³-hybridized carbons (Fsp3) is 0.500. The zero-order valence-electron chi connectivity index (χ0n) is 16.5. The van der Waals surface area contributed by atoms with Crippen LogP contribution >= 0.6 is 0 Å². The van der Waals surface area contributed by atoms with E-state index in [-0.39, 0.29) is 5.92 Å². The molecule has 3 aliphatic heterocycles. The molecule has 0 radical (unpaired) electrons. The van der Waals surface area contributed by atoms with Crippen LogP contribution in [-0.4, -0.2) is 29.6 Å². The van der Waals surface area contributed by atoms with Gasteiger partial charge in [0.15, 0.2) is 0 Å². The lowest BCUT2D eigenvalue weighted by Crippen LogP contribution is -2.55. The highest BCUT2D eigenvalue weighted by atomic mass is 16.3. The third-order valence-electron chi connectivity index (χ3n) is 7.09. The van der Waals surface area contributed by atoms with Gasteiger partial charge in [-0.05, 0) is 92.9 Å². The first-order valence-electron chi connectivity index (χ1n) is 10.00. The third kappa shape index (κ3) is 2.80. The normalized spacial score (nSPS) is 25.5. The molecule has 2 nitrogen and oxygen atoms in total. The molecule has 0 aliphatic carbocycles. The molecule has 3 heterocycles. The fourth-order valence-corrected chi connectivity index (χ4v) is 4.99. The van der Waals surface area contributed by atoms with Gasteiger partial charge in [-0.15, -0.1) is 0 Å². The number of piperidine rings is 3. The number of fused-ring (bicyclic) bond motifs is 3. The highest BCUT2D eigenvalue weighted by Gasteiger charge is 2.48. The second kappa shape index (κ2) is 6.51. The van der Waals surface area contributed by atoms with Gasteiger partial charge in [-0.1, -0.05) is 36.4 Å². The molecule has 3 fully saturated rings. The maximum absolute atomic E-state index is 12.3. The first-order chi connectivity index (χ1) is 12.4. The van der Waals surface area contributed by atoms with E-state index in [1.807, 2.05) is 0 Å². The van der Waals surface area contributed by atoms with Gasteiger partial charge in [-0.3, -0.25) is 0 Å². The predicted octanol–water partition coefficient (Wildman–Crippen LogP) is 4.50. The largest absolute Gasteiger partial charge is 0.380 e. The van der Waals surface area contributed by atoms with Crippen LogP contribution in [0.4, 0.5) is 0 Å². The van der Waals surface area contributed by atoms with Crippen LogP contribution < -0.4 is 0 Å². The number of benzene rings is 2. The minimum absolute atomic E-state index is 0.259. The SMILES string of the molecule is Cc1ccc(C(O)(c2ccc(C)c(C)c2)[C@@H]2CN3CCC2CC3)cc1C. The quantitative estimate of drug-likeness (QED) is 0.882. The Morgan fingerprint density at radius 2 is 1.31 bits per heavy atom. The molecule has 1 atom stereocenters. The van der Waals surface area contributed by atoms with Crippen LogP contribution in [-0.2, 0) is 5.60 Å². The Hall–Kier alpha value is -1.64. The lowest BCUT2D eigenvalue weighted by atomic mass is 9.65. The molecule has 2 bridgehead atoms. The van der Waals surface area contributed by atoms with Gasteiger partial charge in [0.25, 0.3) is 0 Å². The van der Waals surface area contributed by atoms with E-state index < -0.39 is 5.60 Å². The van der Waals surface area contributed by atoms with E-state index in [0.717, 1.165) is 17.7 Å². The van der Waals surface area contributed by atoms with Crippen molar-refractivity contribution < 1.29 is 5.11 Å². The summed E-state index contributed by atoms with van der Waals surface area (Å²) in [7, 11) is 0. The van der Waals surface area contributed by atoms with E-state index in [1.54, 1.807) is 0 Å². The average Bonchev–Trinajstić information content (AvgIpc) is 2.66. The number of rotatable bonds is 3. The van der Waals surface area contributed by atoms with Crippen LogP contribution in [0.25, 0.3) is 0 Å². The monoisotopic (exact) mass is 349 g/mol. The summed E-state index contributed by atoms with van der Waals surface area (Å²) in [6.07, 6.45) is 2.42. The molecule has 5 rings (SSSR count). The van der Waals surface area contributed by atoms with Crippen molar-refractivity contribution in [1.29, 1.82) is 0 Å². The van der Waals surface area contributed by atoms with Gasteiger partial charge in [-0.2, -0.15) is 0 Å². The van der Waals surface area contributed by atoms with Gasteiger partial charge >= 0.3 is 0 Å². The first kappa shape index (κ1) is 17.8. The van der Waals surface area contributed by atoms with Gasteiger partial charge in [0.1, 0.15) is 5.60 Å². The Balaban J connectivity index is 1.88. The molecule has 26 heavy (non-hydrogen) atoms. The third-order valence-corrected chi connectivity index (χ3v) is 7.09. The molecule has 3 aliphatic rings. The molecule has 138 valence electrons. The Morgan fingerprint density at radius 1 is 0.808 bits per heavy atom. The lowest BCUT2D eigenvalue weighted by molar-refractivity contribution is -0.0764. The summed E-state index contributed by atoms with van der Waals surface area (Å²) in [5, 5.41) is 12.3. The molecule has 0 aromatic heterocycles. The average molecular weight is 350 g/mol.